The molecule has 0 spiro atoms. The molecule has 10 heteroatoms. The highest BCUT2D eigenvalue weighted by Crippen LogP contribution is 2.37. The van der Waals surface area contributed by atoms with E-state index in [1.54, 1.807) is 15.9 Å². The molecular formula is C27H32N4O4S2. The summed E-state index contributed by atoms with van der Waals surface area (Å²) in [6.07, 6.45) is 3.73. The maximum absolute atomic E-state index is 14.1. The van der Waals surface area contributed by atoms with Gasteiger partial charge in [-0.2, -0.15) is 0 Å². The summed E-state index contributed by atoms with van der Waals surface area (Å²) in [4.78, 5) is 28.3. The lowest BCUT2D eigenvalue weighted by Gasteiger charge is -2.26. The number of carbonyl (C=O) groups is 1. The molecule has 0 fully saturated rings. The molecule has 3 aromatic heterocycles. The second-order valence-electron chi connectivity index (χ2n) is 9.79. The molecule has 1 atom stereocenters. The Balaban J connectivity index is 1.61. The molecule has 1 aromatic carbocycles. The second kappa shape index (κ2) is 11.0. The first-order chi connectivity index (χ1) is 17.9. The molecule has 1 unspecified atom stereocenters. The first-order valence-corrected chi connectivity index (χ1v) is 14.6. The molecule has 196 valence electrons. The maximum Gasteiger partial charge on any atom is 0.316 e. The summed E-state index contributed by atoms with van der Waals surface area (Å²) in [6.45, 7) is 9.32. The minimum Gasteiger partial charge on any atom is -0.465 e. The topological polar surface area (TPSA) is 87.7 Å². The van der Waals surface area contributed by atoms with Gasteiger partial charge in [0.1, 0.15) is 4.83 Å². The molecule has 37 heavy (non-hydrogen) atoms. The molecule has 4 heterocycles. The zero-order chi connectivity index (χ0) is 26.1. The molecule has 8 nitrogen and oxygen atoms in total. The van der Waals surface area contributed by atoms with E-state index in [2.05, 4.69) is 31.0 Å². The number of benzene rings is 1. The van der Waals surface area contributed by atoms with Crippen LogP contribution in [-0.2, 0) is 27.3 Å². The fraction of sp³-hybridized carbons (Fsp3) is 0.481. The van der Waals surface area contributed by atoms with E-state index in [0.717, 1.165) is 45.8 Å². The monoisotopic (exact) mass is 540 g/mol. The summed E-state index contributed by atoms with van der Waals surface area (Å²) >= 11 is 2.83. The number of fused-ring (bicyclic) bond motifs is 5. The van der Waals surface area contributed by atoms with E-state index >= 15 is 0 Å². The number of unbranched alkanes of at least 4 members (excludes halogenated alkanes) is 2. The number of esters is 1. The largest absolute Gasteiger partial charge is 0.465 e. The van der Waals surface area contributed by atoms with E-state index in [1.165, 1.54) is 11.8 Å². The average molecular weight is 541 g/mol. The van der Waals surface area contributed by atoms with Gasteiger partial charge < -0.3 is 9.47 Å². The molecule has 0 saturated carbocycles. The van der Waals surface area contributed by atoms with Gasteiger partial charge in [0.05, 0.1) is 36.1 Å². The lowest BCUT2D eigenvalue weighted by molar-refractivity contribution is -0.140. The Labute approximate surface area is 224 Å². The lowest BCUT2D eigenvalue weighted by Crippen LogP contribution is -2.28. The van der Waals surface area contributed by atoms with Crippen molar-refractivity contribution in [3.63, 3.8) is 0 Å². The Morgan fingerprint density at radius 1 is 1.24 bits per heavy atom. The fourth-order valence-corrected chi connectivity index (χ4v) is 6.62. The van der Waals surface area contributed by atoms with Crippen molar-refractivity contribution >= 4 is 45.1 Å². The Morgan fingerprint density at radius 3 is 2.76 bits per heavy atom. The van der Waals surface area contributed by atoms with Gasteiger partial charge >= 0.3 is 5.97 Å². The van der Waals surface area contributed by atoms with E-state index in [1.807, 2.05) is 35.6 Å². The summed E-state index contributed by atoms with van der Waals surface area (Å²) < 4.78 is 15.0. The number of nitrogens with zero attached hydrogens (tertiary/aromatic N) is 4. The van der Waals surface area contributed by atoms with E-state index in [0.29, 0.717) is 41.9 Å². The molecule has 0 aliphatic carbocycles. The molecule has 4 aromatic rings. The van der Waals surface area contributed by atoms with Gasteiger partial charge in [0.15, 0.2) is 5.16 Å². The van der Waals surface area contributed by atoms with Crippen molar-refractivity contribution in [3.8, 4) is 5.69 Å². The Hall–Kier alpha value is -2.69. The average Bonchev–Trinajstić information content (AvgIpc) is 3.47. The van der Waals surface area contributed by atoms with Gasteiger partial charge in [0.2, 0.25) is 5.78 Å². The molecule has 0 amide bonds. The standard InChI is InChI=1S/C27H32N4O4S2/c1-5-6-7-12-34-22(32)15-36-27-29-28-26-30(18-10-8-17(4)9-11-18)24(33)23-19-13-20(16(2)3)35-14-21(19)37-25(23)31(26)27/h8-11,16,20H,5-7,12-15H2,1-4H3. The van der Waals surface area contributed by atoms with Crippen LogP contribution in [0.4, 0.5) is 0 Å². The van der Waals surface area contributed by atoms with Crippen molar-refractivity contribution in [1.82, 2.24) is 19.2 Å². The number of hydrogen-bond acceptors (Lipinski definition) is 8. The number of aromatic nitrogens is 4. The van der Waals surface area contributed by atoms with Crippen LogP contribution in [0.3, 0.4) is 0 Å². The molecule has 1 aliphatic heterocycles. The van der Waals surface area contributed by atoms with E-state index in [4.69, 9.17) is 9.47 Å². The molecule has 1 aliphatic rings. The molecule has 0 saturated heterocycles. The van der Waals surface area contributed by atoms with Crippen LogP contribution < -0.4 is 5.56 Å². The summed E-state index contributed by atoms with van der Waals surface area (Å²) in [5, 5.41) is 10.1. The highest BCUT2D eigenvalue weighted by molar-refractivity contribution is 7.99. The van der Waals surface area contributed by atoms with Crippen molar-refractivity contribution in [3.05, 3.63) is 50.6 Å². The third-order valence-corrected chi connectivity index (χ3v) is 8.80. The van der Waals surface area contributed by atoms with Gasteiger partial charge in [0.25, 0.3) is 5.56 Å². The maximum atomic E-state index is 14.1. The predicted octanol–water partition coefficient (Wildman–Crippen LogP) is 5.33. The van der Waals surface area contributed by atoms with Gasteiger partial charge in [-0.1, -0.05) is 63.1 Å². The smallest absolute Gasteiger partial charge is 0.316 e. The van der Waals surface area contributed by atoms with Gasteiger partial charge in [-0.25, -0.2) is 8.97 Å². The number of ether oxygens (including phenoxy) is 2. The van der Waals surface area contributed by atoms with E-state index in [9.17, 15) is 9.59 Å². The van der Waals surface area contributed by atoms with Crippen LogP contribution in [-0.4, -0.2) is 43.6 Å². The van der Waals surface area contributed by atoms with E-state index < -0.39 is 0 Å². The van der Waals surface area contributed by atoms with Crippen LogP contribution in [0.5, 0.6) is 0 Å². The summed E-state index contributed by atoms with van der Waals surface area (Å²) in [5.41, 5.74) is 2.79. The second-order valence-corrected chi connectivity index (χ2v) is 11.8. The Kier molecular flexibility index (Phi) is 7.69. The van der Waals surface area contributed by atoms with Gasteiger partial charge in [-0.05, 0) is 37.0 Å². The number of rotatable bonds is 9. The number of hydrogen-bond donors (Lipinski definition) is 0. The summed E-state index contributed by atoms with van der Waals surface area (Å²) in [7, 11) is 0. The SMILES string of the molecule is CCCCCOC(=O)CSc1nnc2n(-c3ccc(C)cc3)c(=O)c3c4c(sc3n12)COC(C(C)C)C4. The van der Waals surface area contributed by atoms with Crippen LogP contribution in [0.2, 0.25) is 0 Å². The Bertz CT molecular complexity index is 1490. The van der Waals surface area contributed by atoms with Gasteiger partial charge in [-0.3, -0.25) is 9.59 Å². The fourth-order valence-electron chi connectivity index (χ4n) is 4.59. The third-order valence-electron chi connectivity index (χ3n) is 6.71. The van der Waals surface area contributed by atoms with Crippen LogP contribution in [0, 0.1) is 12.8 Å². The van der Waals surface area contributed by atoms with Crippen molar-refractivity contribution in [2.24, 2.45) is 5.92 Å². The molecule has 0 bridgehead atoms. The number of aryl methyl sites for hydroxylation is 1. The van der Waals surface area contributed by atoms with Crippen molar-refractivity contribution in [2.75, 3.05) is 12.4 Å². The van der Waals surface area contributed by atoms with Gasteiger partial charge in [0, 0.05) is 11.3 Å². The zero-order valence-electron chi connectivity index (χ0n) is 21.7. The van der Waals surface area contributed by atoms with Crippen LogP contribution >= 0.6 is 23.1 Å². The normalized spacial score (nSPS) is 15.5. The van der Waals surface area contributed by atoms with Crippen molar-refractivity contribution in [2.45, 2.75) is 71.2 Å². The first kappa shape index (κ1) is 25.9. The zero-order valence-corrected chi connectivity index (χ0v) is 23.3. The first-order valence-electron chi connectivity index (χ1n) is 12.8. The summed E-state index contributed by atoms with van der Waals surface area (Å²) in [6, 6.07) is 7.82. The van der Waals surface area contributed by atoms with E-state index in [-0.39, 0.29) is 23.4 Å². The molecule has 0 N–H and O–H groups in total. The Morgan fingerprint density at radius 2 is 2.03 bits per heavy atom. The quantitative estimate of drug-likeness (QED) is 0.161. The minimum absolute atomic E-state index is 0.0606. The lowest BCUT2D eigenvalue weighted by atomic mass is 9.96. The van der Waals surface area contributed by atoms with Crippen LogP contribution in [0.25, 0.3) is 21.7 Å². The van der Waals surface area contributed by atoms with Crippen LogP contribution in [0.1, 0.15) is 56.0 Å². The highest BCUT2D eigenvalue weighted by Gasteiger charge is 2.30. The molecule has 5 rings (SSSR count). The third kappa shape index (κ3) is 5.06. The van der Waals surface area contributed by atoms with Gasteiger partial charge in [-0.15, -0.1) is 21.5 Å². The minimum atomic E-state index is -0.278. The number of carbonyl (C=O) groups excluding carboxylic acids is 1. The summed E-state index contributed by atoms with van der Waals surface area (Å²) in [5.74, 6) is 0.622. The highest BCUT2D eigenvalue weighted by atomic mass is 32.2. The molecule has 0 radical (unpaired) electrons. The molecular weight excluding hydrogens is 508 g/mol. The van der Waals surface area contributed by atoms with Crippen molar-refractivity contribution in [1.29, 1.82) is 0 Å². The predicted molar refractivity (Wildman–Crippen MR) is 147 cm³/mol. The number of thioether (sulfide) groups is 1. The number of thiophene rings is 1. The van der Waals surface area contributed by atoms with Crippen molar-refractivity contribution < 1.29 is 14.3 Å². The van der Waals surface area contributed by atoms with Crippen LogP contribution in [0.15, 0.2) is 34.2 Å².